The van der Waals surface area contributed by atoms with E-state index in [4.69, 9.17) is 10.5 Å². The second-order valence-electron chi connectivity index (χ2n) is 4.07. The summed E-state index contributed by atoms with van der Waals surface area (Å²) in [6.07, 6.45) is 1.61. The smallest absolute Gasteiger partial charge is 0.269 e. The predicted octanol–water partition coefficient (Wildman–Crippen LogP) is 2.80. The fraction of sp³-hybridized carbons (Fsp3) is 0.154. The minimum Gasteiger partial charge on any atom is -0.439 e. The summed E-state index contributed by atoms with van der Waals surface area (Å²) in [4.78, 5) is 14.1. The highest BCUT2D eigenvalue weighted by molar-refractivity contribution is 5.38. The molecule has 2 aromatic rings. The van der Waals surface area contributed by atoms with Crippen molar-refractivity contribution in [3.63, 3.8) is 0 Å². The molecule has 1 heterocycles. The van der Waals surface area contributed by atoms with Gasteiger partial charge >= 0.3 is 0 Å². The summed E-state index contributed by atoms with van der Waals surface area (Å²) < 4.78 is 5.51. The zero-order valence-corrected chi connectivity index (χ0v) is 10.3. The summed E-state index contributed by atoms with van der Waals surface area (Å²) in [7, 11) is 0. The van der Waals surface area contributed by atoms with Crippen LogP contribution in [0.1, 0.15) is 18.5 Å². The van der Waals surface area contributed by atoms with E-state index in [0.717, 1.165) is 5.56 Å². The Morgan fingerprint density at radius 3 is 2.58 bits per heavy atom. The average molecular weight is 259 g/mol. The van der Waals surface area contributed by atoms with Crippen LogP contribution >= 0.6 is 0 Å². The first-order valence-corrected chi connectivity index (χ1v) is 5.70. The summed E-state index contributed by atoms with van der Waals surface area (Å²) in [5, 5.41) is 10.5. The SMILES string of the molecule is C[C@@H](N)c1ccnc(Oc2ccc([N+](=O)[O-])cc2)c1. The maximum atomic E-state index is 10.5. The molecule has 19 heavy (non-hydrogen) atoms. The molecule has 0 bridgehead atoms. The minimum atomic E-state index is -0.460. The highest BCUT2D eigenvalue weighted by Gasteiger charge is 2.06. The molecular weight excluding hydrogens is 246 g/mol. The van der Waals surface area contributed by atoms with Crippen LogP contribution in [0.4, 0.5) is 5.69 Å². The second kappa shape index (κ2) is 5.45. The Balaban J connectivity index is 2.16. The highest BCUT2D eigenvalue weighted by atomic mass is 16.6. The molecule has 1 aromatic heterocycles. The second-order valence-corrected chi connectivity index (χ2v) is 4.07. The third kappa shape index (κ3) is 3.26. The van der Waals surface area contributed by atoms with Crippen molar-refractivity contribution in [1.82, 2.24) is 4.98 Å². The van der Waals surface area contributed by atoms with Gasteiger partial charge in [0.2, 0.25) is 5.88 Å². The molecule has 0 saturated carbocycles. The Morgan fingerprint density at radius 2 is 2.00 bits per heavy atom. The van der Waals surface area contributed by atoms with Crippen LogP contribution in [0.3, 0.4) is 0 Å². The Bertz CT molecular complexity index is 582. The van der Waals surface area contributed by atoms with Gasteiger partial charge in [-0.2, -0.15) is 0 Å². The number of hydrogen-bond acceptors (Lipinski definition) is 5. The molecule has 0 saturated heterocycles. The van der Waals surface area contributed by atoms with Gasteiger partial charge in [0.05, 0.1) is 4.92 Å². The number of non-ortho nitro benzene ring substituents is 1. The van der Waals surface area contributed by atoms with Crippen molar-refractivity contribution in [3.05, 3.63) is 58.3 Å². The molecular formula is C13H13N3O3. The van der Waals surface area contributed by atoms with Gasteiger partial charge in [0.15, 0.2) is 0 Å². The quantitative estimate of drug-likeness (QED) is 0.673. The number of nitro groups is 1. The summed E-state index contributed by atoms with van der Waals surface area (Å²) in [5.74, 6) is 0.892. The lowest BCUT2D eigenvalue weighted by atomic mass is 10.1. The summed E-state index contributed by atoms with van der Waals surface area (Å²) in [5.41, 5.74) is 6.70. The highest BCUT2D eigenvalue weighted by Crippen LogP contribution is 2.23. The standard InChI is InChI=1S/C13H13N3O3/c1-9(14)10-6-7-15-13(8-10)19-12-4-2-11(3-5-12)16(17)18/h2-9H,14H2,1H3/t9-/m1/s1. The molecule has 1 atom stereocenters. The monoisotopic (exact) mass is 259 g/mol. The van der Waals surface area contributed by atoms with Crippen LogP contribution in [0.5, 0.6) is 11.6 Å². The van der Waals surface area contributed by atoms with E-state index in [1.807, 2.05) is 13.0 Å². The number of rotatable bonds is 4. The lowest BCUT2D eigenvalue weighted by molar-refractivity contribution is -0.384. The zero-order chi connectivity index (χ0) is 13.8. The zero-order valence-electron chi connectivity index (χ0n) is 10.3. The van der Waals surface area contributed by atoms with Crippen LogP contribution in [0.15, 0.2) is 42.6 Å². The van der Waals surface area contributed by atoms with Gasteiger partial charge in [-0.15, -0.1) is 0 Å². The molecule has 0 unspecified atom stereocenters. The van der Waals surface area contributed by atoms with Crippen LogP contribution in [0, 0.1) is 10.1 Å². The van der Waals surface area contributed by atoms with Crippen LogP contribution in [0.25, 0.3) is 0 Å². The van der Waals surface area contributed by atoms with Crippen LogP contribution in [-0.4, -0.2) is 9.91 Å². The van der Waals surface area contributed by atoms with Crippen molar-refractivity contribution < 1.29 is 9.66 Å². The van der Waals surface area contributed by atoms with E-state index in [0.29, 0.717) is 11.6 Å². The number of ether oxygens (including phenoxy) is 1. The molecule has 6 nitrogen and oxygen atoms in total. The average Bonchev–Trinajstić information content (AvgIpc) is 2.39. The van der Waals surface area contributed by atoms with Crippen LogP contribution < -0.4 is 10.5 Å². The summed E-state index contributed by atoms with van der Waals surface area (Å²) >= 11 is 0. The molecule has 2 rings (SSSR count). The number of nitro benzene ring substituents is 1. The van der Waals surface area contributed by atoms with Gasteiger partial charge in [-0.05, 0) is 30.7 Å². The van der Waals surface area contributed by atoms with Gasteiger partial charge in [-0.1, -0.05) is 0 Å². The molecule has 0 aliphatic carbocycles. The Labute approximate surface area is 110 Å². The first kappa shape index (κ1) is 13.0. The van der Waals surface area contributed by atoms with Gasteiger partial charge in [-0.3, -0.25) is 10.1 Å². The number of nitrogens with two attached hydrogens (primary N) is 1. The normalized spacial score (nSPS) is 11.9. The summed E-state index contributed by atoms with van der Waals surface area (Å²) in [6, 6.07) is 9.26. The molecule has 0 aliphatic heterocycles. The number of benzene rings is 1. The fourth-order valence-corrected chi connectivity index (χ4v) is 1.52. The Kier molecular flexibility index (Phi) is 3.72. The van der Waals surface area contributed by atoms with Crippen LogP contribution in [0.2, 0.25) is 0 Å². The van der Waals surface area contributed by atoms with Crippen molar-refractivity contribution in [1.29, 1.82) is 0 Å². The van der Waals surface area contributed by atoms with E-state index in [1.165, 1.54) is 24.3 Å². The van der Waals surface area contributed by atoms with Gasteiger partial charge < -0.3 is 10.5 Å². The van der Waals surface area contributed by atoms with Crippen LogP contribution in [-0.2, 0) is 0 Å². The van der Waals surface area contributed by atoms with Gasteiger partial charge in [0.25, 0.3) is 5.69 Å². The molecule has 1 aromatic carbocycles. The molecule has 0 aliphatic rings. The number of pyridine rings is 1. The van der Waals surface area contributed by atoms with E-state index < -0.39 is 4.92 Å². The Morgan fingerprint density at radius 1 is 1.32 bits per heavy atom. The largest absolute Gasteiger partial charge is 0.439 e. The lowest BCUT2D eigenvalue weighted by Crippen LogP contribution is -2.05. The number of hydrogen-bond donors (Lipinski definition) is 1. The first-order chi connectivity index (χ1) is 9.06. The maximum absolute atomic E-state index is 10.5. The molecule has 98 valence electrons. The van der Waals surface area contributed by atoms with Crippen molar-refractivity contribution in [2.45, 2.75) is 13.0 Å². The number of nitrogens with zero attached hydrogens (tertiary/aromatic N) is 2. The van der Waals surface area contributed by atoms with E-state index >= 15 is 0 Å². The van der Waals surface area contributed by atoms with Gasteiger partial charge in [0, 0.05) is 30.4 Å². The third-order valence-corrected chi connectivity index (χ3v) is 2.55. The van der Waals surface area contributed by atoms with E-state index in [1.54, 1.807) is 12.3 Å². The minimum absolute atomic E-state index is 0.0182. The third-order valence-electron chi connectivity index (χ3n) is 2.55. The van der Waals surface area contributed by atoms with Gasteiger partial charge in [-0.25, -0.2) is 4.98 Å². The van der Waals surface area contributed by atoms with Crippen molar-refractivity contribution in [2.75, 3.05) is 0 Å². The topological polar surface area (TPSA) is 91.3 Å². The Hall–Kier alpha value is -2.47. The predicted molar refractivity (Wildman–Crippen MR) is 70.0 cm³/mol. The number of aromatic nitrogens is 1. The van der Waals surface area contributed by atoms with Crippen molar-refractivity contribution >= 4 is 5.69 Å². The molecule has 6 heteroatoms. The summed E-state index contributed by atoms with van der Waals surface area (Å²) in [6.45, 7) is 1.87. The van der Waals surface area contributed by atoms with Gasteiger partial charge in [0.1, 0.15) is 5.75 Å². The van der Waals surface area contributed by atoms with E-state index in [-0.39, 0.29) is 11.7 Å². The molecule has 2 N–H and O–H groups in total. The first-order valence-electron chi connectivity index (χ1n) is 5.70. The fourth-order valence-electron chi connectivity index (χ4n) is 1.52. The molecule has 0 radical (unpaired) electrons. The van der Waals surface area contributed by atoms with E-state index in [9.17, 15) is 10.1 Å². The maximum Gasteiger partial charge on any atom is 0.269 e. The molecule has 0 spiro atoms. The van der Waals surface area contributed by atoms with E-state index in [2.05, 4.69) is 4.98 Å². The lowest BCUT2D eigenvalue weighted by Gasteiger charge is -2.08. The van der Waals surface area contributed by atoms with Crippen molar-refractivity contribution in [3.8, 4) is 11.6 Å². The molecule has 0 amide bonds. The molecule has 0 fully saturated rings. The van der Waals surface area contributed by atoms with Crippen molar-refractivity contribution in [2.24, 2.45) is 5.73 Å².